The van der Waals surface area contributed by atoms with Crippen LogP contribution in [0.2, 0.25) is 0 Å². The van der Waals surface area contributed by atoms with Gasteiger partial charge in [0.05, 0.1) is 12.4 Å². The molecule has 0 radical (unpaired) electrons. The number of carbonyl (C=O) groups is 1. The van der Waals surface area contributed by atoms with Crippen molar-refractivity contribution in [2.45, 2.75) is 45.2 Å². The zero-order chi connectivity index (χ0) is 12.1. The maximum absolute atomic E-state index is 11.6. The first-order valence-electron chi connectivity index (χ1n) is 6.22. The second kappa shape index (κ2) is 5.70. The highest BCUT2D eigenvalue weighted by molar-refractivity contribution is 5.77. The molecule has 1 aromatic heterocycles. The summed E-state index contributed by atoms with van der Waals surface area (Å²) in [6.45, 7) is 2.88. The van der Waals surface area contributed by atoms with Gasteiger partial charge in [0.1, 0.15) is 0 Å². The fourth-order valence-corrected chi connectivity index (χ4v) is 2.08. The molecule has 17 heavy (non-hydrogen) atoms. The molecule has 94 valence electrons. The second-order valence-electron chi connectivity index (χ2n) is 4.37. The summed E-state index contributed by atoms with van der Waals surface area (Å²) in [4.78, 5) is 11.6. The van der Waals surface area contributed by atoms with Gasteiger partial charge in [-0.15, -0.1) is 0 Å². The average Bonchev–Trinajstić information content (AvgIpc) is 2.96. The van der Waals surface area contributed by atoms with Crippen molar-refractivity contribution < 1.29 is 9.53 Å². The van der Waals surface area contributed by atoms with Gasteiger partial charge in [-0.25, -0.2) is 0 Å². The van der Waals surface area contributed by atoms with E-state index < -0.39 is 0 Å². The summed E-state index contributed by atoms with van der Waals surface area (Å²) in [5.74, 6) is 0.606. The minimum absolute atomic E-state index is 0.0406. The van der Waals surface area contributed by atoms with E-state index in [1.807, 2.05) is 6.92 Å². The largest absolute Gasteiger partial charge is 0.480 e. The normalized spacial score (nSPS) is 16.1. The van der Waals surface area contributed by atoms with E-state index in [0.717, 1.165) is 19.4 Å². The van der Waals surface area contributed by atoms with Crippen molar-refractivity contribution in [1.82, 2.24) is 15.1 Å². The third-order valence-electron chi connectivity index (χ3n) is 3.02. The van der Waals surface area contributed by atoms with Gasteiger partial charge in [0, 0.05) is 12.6 Å². The lowest BCUT2D eigenvalue weighted by atomic mass is 10.2. The SMILES string of the molecule is CCn1cc(OCC(=O)NC2CCCC2)cn1. The summed E-state index contributed by atoms with van der Waals surface area (Å²) in [7, 11) is 0. The van der Waals surface area contributed by atoms with Gasteiger partial charge < -0.3 is 10.1 Å². The van der Waals surface area contributed by atoms with Crippen LogP contribution in [0.1, 0.15) is 32.6 Å². The molecule has 1 saturated carbocycles. The molecule has 5 nitrogen and oxygen atoms in total. The molecule has 1 aliphatic carbocycles. The van der Waals surface area contributed by atoms with E-state index in [1.54, 1.807) is 17.1 Å². The molecule has 0 unspecified atom stereocenters. The number of amides is 1. The molecule has 0 saturated heterocycles. The Balaban J connectivity index is 1.71. The van der Waals surface area contributed by atoms with Crippen LogP contribution >= 0.6 is 0 Å². The van der Waals surface area contributed by atoms with E-state index in [-0.39, 0.29) is 12.5 Å². The van der Waals surface area contributed by atoms with Crippen LogP contribution in [0.15, 0.2) is 12.4 Å². The van der Waals surface area contributed by atoms with Gasteiger partial charge in [0.25, 0.3) is 5.91 Å². The molecular formula is C12H19N3O2. The molecule has 0 bridgehead atoms. The summed E-state index contributed by atoms with van der Waals surface area (Å²) in [6, 6.07) is 0.351. The Morgan fingerprint density at radius 3 is 3.00 bits per heavy atom. The Morgan fingerprint density at radius 2 is 2.35 bits per heavy atom. The lowest BCUT2D eigenvalue weighted by Gasteiger charge is -2.11. The zero-order valence-electron chi connectivity index (χ0n) is 10.2. The molecule has 1 amide bonds. The maximum atomic E-state index is 11.6. The topological polar surface area (TPSA) is 56.1 Å². The third-order valence-corrected chi connectivity index (χ3v) is 3.02. The highest BCUT2D eigenvalue weighted by Gasteiger charge is 2.17. The number of nitrogens with zero attached hydrogens (tertiary/aromatic N) is 2. The second-order valence-corrected chi connectivity index (χ2v) is 4.37. The first-order chi connectivity index (χ1) is 8.28. The number of aromatic nitrogens is 2. The van der Waals surface area contributed by atoms with Crippen molar-refractivity contribution >= 4 is 5.91 Å². The average molecular weight is 237 g/mol. The van der Waals surface area contributed by atoms with E-state index in [0.29, 0.717) is 11.8 Å². The van der Waals surface area contributed by atoms with Gasteiger partial charge in [-0.2, -0.15) is 5.10 Å². The number of nitrogens with one attached hydrogen (secondary N) is 1. The van der Waals surface area contributed by atoms with Crippen LogP contribution < -0.4 is 10.1 Å². The monoisotopic (exact) mass is 237 g/mol. The fourth-order valence-electron chi connectivity index (χ4n) is 2.08. The molecular weight excluding hydrogens is 218 g/mol. The van der Waals surface area contributed by atoms with Gasteiger partial charge in [0.15, 0.2) is 12.4 Å². The van der Waals surface area contributed by atoms with Crippen molar-refractivity contribution in [2.24, 2.45) is 0 Å². The Hall–Kier alpha value is -1.52. The van der Waals surface area contributed by atoms with E-state index >= 15 is 0 Å². The van der Waals surface area contributed by atoms with Crippen LogP contribution in [0.25, 0.3) is 0 Å². The lowest BCUT2D eigenvalue weighted by molar-refractivity contribution is -0.123. The zero-order valence-corrected chi connectivity index (χ0v) is 10.2. The summed E-state index contributed by atoms with van der Waals surface area (Å²) in [5, 5.41) is 7.05. The molecule has 1 aromatic rings. The molecule has 5 heteroatoms. The predicted octanol–water partition coefficient (Wildman–Crippen LogP) is 1.34. The van der Waals surface area contributed by atoms with Crippen LogP contribution in [0, 0.1) is 0 Å². The summed E-state index contributed by atoms with van der Waals surface area (Å²) >= 11 is 0. The van der Waals surface area contributed by atoms with E-state index in [4.69, 9.17) is 4.74 Å². The Bertz CT molecular complexity index is 370. The van der Waals surface area contributed by atoms with E-state index in [9.17, 15) is 4.79 Å². The first-order valence-corrected chi connectivity index (χ1v) is 6.22. The van der Waals surface area contributed by atoms with Crippen molar-refractivity contribution in [3.63, 3.8) is 0 Å². The van der Waals surface area contributed by atoms with Crippen LogP contribution in [0.5, 0.6) is 5.75 Å². The van der Waals surface area contributed by atoms with Crippen LogP contribution in [0.4, 0.5) is 0 Å². The predicted molar refractivity (Wildman–Crippen MR) is 63.8 cm³/mol. The molecule has 1 N–H and O–H groups in total. The van der Waals surface area contributed by atoms with Crippen molar-refractivity contribution in [3.8, 4) is 5.75 Å². The van der Waals surface area contributed by atoms with Crippen molar-refractivity contribution in [1.29, 1.82) is 0 Å². The number of aryl methyl sites for hydroxylation is 1. The highest BCUT2D eigenvalue weighted by Crippen LogP contribution is 2.17. The Kier molecular flexibility index (Phi) is 4.01. The molecule has 0 aliphatic heterocycles. The van der Waals surface area contributed by atoms with E-state index in [1.165, 1.54) is 12.8 Å². The molecule has 0 aromatic carbocycles. The molecule has 1 aliphatic rings. The number of ether oxygens (including phenoxy) is 1. The number of hydrogen-bond donors (Lipinski definition) is 1. The summed E-state index contributed by atoms with van der Waals surface area (Å²) in [6.07, 6.45) is 8.05. The van der Waals surface area contributed by atoms with Gasteiger partial charge in [0.2, 0.25) is 0 Å². The van der Waals surface area contributed by atoms with Crippen LogP contribution in [-0.4, -0.2) is 28.3 Å². The minimum Gasteiger partial charge on any atom is -0.480 e. The maximum Gasteiger partial charge on any atom is 0.258 e. The number of hydrogen-bond acceptors (Lipinski definition) is 3. The highest BCUT2D eigenvalue weighted by atomic mass is 16.5. The number of carbonyl (C=O) groups excluding carboxylic acids is 1. The van der Waals surface area contributed by atoms with Gasteiger partial charge in [-0.05, 0) is 19.8 Å². The minimum atomic E-state index is -0.0406. The van der Waals surface area contributed by atoms with Crippen molar-refractivity contribution in [2.75, 3.05) is 6.61 Å². The fraction of sp³-hybridized carbons (Fsp3) is 0.667. The van der Waals surface area contributed by atoms with Crippen molar-refractivity contribution in [3.05, 3.63) is 12.4 Å². The third kappa shape index (κ3) is 3.47. The smallest absolute Gasteiger partial charge is 0.258 e. The Labute approximate surface area is 101 Å². The first kappa shape index (κ1) is 12.0. The van der Waals surface area contributed by atoms with Crippen LogP contribution in [-0.2, 0) is 11.3 Å². The molecule has 2 rings (SSSR count). The molecule has 1 heterocycles. The van der Waals surface area contributed by atoms with E-state index in [2.05, 4.69) is 10.4 Å². The molecule has 0 atom stereocenters. The molecule has 0 spiro atoms. The van der Waals surface area contributed by atoms with Crippen LogP contribution in [0.3, 0.4) is 0 Å². The molecule has 1 fully saturated rings. The lowest BCUT2D eigenvalue weighted by Crippen LogP contribution is -2.36. The Morgan fingerprint density at radius 1 is 1.59 bits per heavy atom. The summed E-state index contributed by atoms with van der Waals surface area (Å²) in [5.41, 5.74) is 0. The summed E-state index contributed by atoms with van der Waals surface area (Å²) < 4.78 is 7.13. The quantitative estimate of drug-likeness (QED) is 0.840. The standard InChI is InChI=1S/C12H19N3O2/c1-2-15-8-11(7-13-15)17-9-12(16)14-10-5-3-4-6-10/h7-8,10H,2-6,9H2,1H3,(H,14,16). The van der Waals surface area contributed by atoms with Gasteiger partial charge >= 0.3 is 0 Å². The van der Waals surface area contributed by atoms with Gasteiger partial charge in [-0.3, -0.25) is 9.48 Å². The number of rotatable bonds is 5. The van der Waals surface area contributed by atoms with Gasteiger partial charge in [-0.1, -0.05) is 12.8 Å².